The third-order valence-corrected chi connectivity index (χ3v) is 3.10. The van der Waals surface area contributed by atoms with E-state index in [4.69, 9.17) is 9.47 Å². The van der Waals surface area contributed by atoms with Gasteiger partial charge < -0.3 is 14.6 Å². The van der Waals surface area contributed by atoms with Crippen molar-refractivity contribution in [3.05, 3.63) is 42.0 Å². The fourth-order valence-electron chi connectivity index (χ4n) is 2.13. The molecule has 2 aromatic rings. The van der Waals surface area contributed by atoms with E-state index in [1.54, 1.807) is 14.0 Å². The maximum atomic E-state index is 9.86. The molecule has 0 saturated carbocycles. The monoisotopic (exact) mass is 260 g/mol. The van der Waals surface area contributed by atoms with E-state index in [1.165, 1.54) is 0 Å². The molecule has 3 heteroatoms. The van der Waals surface area contributed by atoms with Gasteiger partial charge in [-0.2, -0.15) is 0 Å². The summed E-state index contributed by atoms with van der Waals surface area (Å²) in [7, 11) is 1.68. The molecule has 0 aliphatic rings. The minimum absolute atomic E-state index is 0.540. The number of aliphatic hydroxyl groups is 1. The first-order chi connectivity index (χ1) is 9.24. The van der Waals surface area contributed by atoms with Crippen LogP contribution in [0.3, 0.4) is 0 Å². The summed E-state index contributed by atoms with van der Waals surface area (Å²) < 4.78 is 10.9. The molecule has 0 amide bonds. The summed E-state index contributed by atoms with van der Waals surface area (Å²) in [6.45, 7) is 3.02. The van der Waals surface area contributed by atoms with Crippen LogP contribution >= 0.6 is 0 Å². The SMILES string of the molecule is COCCCOc1c([C@H](C)O)ccc2ccccc12. The van der Waals surface area contributed by atoms with E-state index in [9.17, 15) is 5.11 Å². The van der Waals surface area contributed by atoms with E-state index < -0.39 is 6.10 Å². The van der Waals surface area contributed by atoms with E-state index in [0.29, 0.717) is 13.2 Å². The van der Waals surface area contributed by atoms with Crippen LogP contribution < -0.4 is 4.74 Å². The lowest BCUT2D eigenvalue weighted by Crippen LogP contribution is -2.05. The molecular weight excluding hydrogens is 240 g/mol. The van der Waals surface area contributed by atoms with Crippen LogP contribution in [0.1, 0.15) is 25.0 Å². The van der Waals surface area contributed by atoms with Crippen LogP contribution in [0, 0.1) is 0 Å². The molecule has 0 saturated heterocycles. The molecule has 102 valence electrons. The van der Waals surface area contributed by atoms with E-state index in [0.717, 1.165) is 28.5 Å². The van der Waals surface area contributed by atoms with Crippen LogP contribution in [0.2, 0.25) is 0 Å². The average Bonchev–Trinajstić information content (AvgIpc) is 2.43. The van der Waals surface area contributed by atoms with E-state index in [-0.39, 0.29) is 0 Å². The zero-order valence-electron chi connectivity index (χ0n) is 11.4. The van der Waals surface area contributed by atoms with Crippen molar-refractivity contribution in [2.24, 2.45) is 0 Å². The Morgan fingerprint density at radius 3 is 2.63 bits per heavy atom. The maximum Gasteiger partial charge on any atom is 0.132 e. The third-order valence-electron chi connectivity index (χ3n) is 3.10. The average molecular weight is 260 g/mol. The van der Waals surface area contributed by atoms with Gasteiger partial charge in [0.05, 0.1) is 12.7 Å². The van der Waals surface area contributed by atoms with Crippen molar-refractivity contribution in [3.8, 4) is 5.75 Å². The lowest BCUT2D eigenvalue weighted by molar-refractivity contribution is 0.167. The van der Waals surface area contributed by atoms with Gasteiger partial charge >= 0.3 is 0 Å². The molecule has 0 spiro atoms. The molecule has 0 aromatic heterocycles. The number of hydrogen-bond donors (Lipinski definition) is 1. The summed E-state index contributed by atoms with van der Waals surface area (Å²) in [5, 5.41) is 12.0. The molecule has 0 unspecified atom stereocenters. The molecule has 19 heavy (non-hydrogen) atoms. The van der Waals surface area contributed by atoms with Gasteiger partial charge in [-0.3, -0.25) is 0 Å². The summed E-state index contributed by atoms with van der Waals surface area (Å²) >= 11 is 0. The summed E-state index contributed by atoms with van der Waals surface area (Å²) in [5.74, 6) is 0.782. The number of fused-ring (bicyclic) bond motifs is 1. The Kier molecular flexibility index (Phi) is 4.77. The van der Waals surface area contributed by atoms with E-state index in [2.05, 4.69) is 0 Å². The van der Waals surface area contributed by atoms with Gasteiger partial charge in [-0.1, -0.05) is 36.4 Å². The minimum atomic E-state index is -0.540. The van der Waals surface area contributed by atoms with Crippen molar-refractivity contribution in [2.45, 2.75) is 19.4 Å². The van der Waals surface area contributed by atoms with Gasteiger partial charge in [-0.15, -0.1) is 0 Å². The number of benzene rings is 2. The normalized spacial score (nSPS) is 12.6. The largest absolute Gasteiger partial charge is 0.492 e. The Bertz CT molecular complexity index is 535. The Morgan fingerprint density at radius 1 is 1.11 bits per heavy atom. The number of methoxy groups -OCH3 is 1. The summed E-state index contributed by atoms with van der Waals surface area (Å²) in [6, 6.07) is 12.0. The fourth-order valence-corrected chi connectivity index (χ4v) is 2.13. The standard InChI is InChI=1S/C16H20O3/c1-12(17)14-9-8-13-6-3-4-7-15(13)16(14)19-11-5-10-18-2/h3-4,6-9,12,17H,5,10-11H2,1-2H3/t12-/m0/s1. The van der Waals surface area contributed by atoms with Crippen LogP contribution in [-0.2, 0) is 4.74 Å². The number of hydrogen-bond acceptors (Lipinski definition) is 3. The van der Waals surface area contributed by atoms with E-state index in [1.807, 2.05) is 36.4 Å². The van der Waals surface area contributed by atoms with Crippen LogP contribution in [0.5, 0.6) is 5.75 Å². The molecular formula is C16H20O3. The first-order valence-electron chi connectivity index (χ1n) is 6.55. The zero-order valence-corrected chi connectivity index (χ0v) is 11.4. The Morgan fingerprint density at radius 2 is 1.89 bits per heavy atom. The van der Waals surface area contributed by atoms with Gasteiger partial charge in [-0.25, -0.2) is 0 Å². The quantitative estimate of drug-likeness (QED) is 0.810. The molecule has 1 atom stereocenters. The molecule has 0 heterocycles. The number of aliphatic hydroxyl groups excluding tert-OH is 1. The first-order valence-corrected chi connectivity index (χ1v) is 6.55. The van der Waals surface area contributed by atoms with Crippen LogP contribution in [0.25, 0.3) is 10.8 Å². The molecule has 0 bridgehead atoms. The van der Waals surface area contributed by atoms with Crippen molar-refractivity contribution in [2.75, 3.05) is 20.3 Å². The Labute approximate surface area is 113 Å². The topological polar surface area (TPSA) is 38.7 Å². The molecule has 2 aromatic carbocycles. The molecule has 0 radical (unpaired) electrons. The number of ether oxygens (including phenoxy) is 2. The highest BCUT2D eigenvalue weighted by Gasteiger charge is 2.12. The minimum Gasteiger partial charge on any atom is -0.492 e. The Hall–Kier alpha value is -1.58. The van der Waals surface area contributed by atoms with Crippen LogP contribution in [0.15, 0.2) is 36.4 Å². The van der Waals surface area contributed by atoms with Gasteiger partial charge in [0, 0.05) is 31.1 Å². The van der Waals surface area contributed by atoms with Crippen molar-refractivity contribution >= 4 is 10.8 Å². The second kappa shape index (κ2) is 6.55. The lowest BCUT2D eigenvalue weighted by atomic mass is 10.0. The van der Waals surface area contributed by atoms with Gasteiger partial charge in [-0.05, 0) is 12.3 Å². The highest BCUT2D eigenvalue weighted by molar-refractivity contribution is 5.89. The predicted molar refractivity (Wildman–Crippen MR) is 76.6 cm³/mol. The lowest BCUT2D eigenvalue weighted by Gasteiger charge is -2.16. The van der Waals surface area contributed by atoms with Gasteiger partial charge in [0.2, 0.25) is 0 Å². The number of rotatable bonds is 6. The van der Waals surface area contributed by atoms with Crippen LogP contribution in [-0.4, -0.2) is 25.4 Å². The van der Waals surface area contributed by atoms with Gasteiger partial charge in [0.1, 0.15) is 5.75 Å². The van der Waals surface area contributed by atoms with Crippen molar-refractivity contribution in [1.29, 1.82) is 0 Å². The highest BCUT2D eigenvalue weighted by atomic mass is 16.5. The van der Waals surface area contributed by atoms with Crippen molar-refractivity contribution in [3.63, 3.8) is 0 Å². The molecule has 2 rings (SSSR count). The summed E-state index contributed by atoms with van der Waals surface area (Å²) in [5.41, 5.74) is 0.830. The van der Waals surface area contributed by atoms with Crippen molar-refractivity contribution in [1.82, 2.24) is 0 Å². The highest BCUT2D eigenvalue weighted by Crippen LogP contribution is 2.33. The second-order valence-electron chi connectivity index (χ2n) is 4.58. The van der Waals surface area contributed by atoms with Gasteiger partial charge in [0.15, 0.2) is 0 Å². The second-order valence-corrected chi connectivity index (χ2v) is 4.58. The smallest absolute Gasteiger partial charge is 0.132 e. The predicted octanol–water partition coefficient (Wildman–Crippen LogP) is 3.31. The fraction of sp³-hybridized carbons (Fsp3) is 0.375. The first kappa shape index (κ1) is 13.8. The zero-order chi connectivity index (χ0) is 13.7. The third kappa shape index (κ3) is 3.25. The maximum absolute atomic E-state index is 9.86. The molecule has 1 N–H and O–H groups in total. The summed E-state index contributed by atoms with van der Waals surface area (Å²) in [6.07, 6.45) is 0.293. The van der Waals surface area contributed by atoms with Gasteiger partial charge in [0.25, 0.3) is 0 Å². The van der Waals surface area contributed by atoms with Crippen LogP contribution in [0.4, 0.5) is 0 Å². The summed E-state index contributed by atoms with van der Waals surface area (Å²) in [4.78, 5) is 0. The molecule has 0 fully saturated rings. The molecule has 0 aliphatic carbocycles. The molecule has 3 nitrogen and oxygen atoms in total. The van der Waals surface area contributed by atoms with E-state index >= 15 is 0 Å². The molecule has 0 aliphatic heterocycles. The van der Waals surface area contributed by atoms with Crippen molar-refractivity contribution < 1.29 is 14.6 Å². The Balaban J connectivity index is 2.33.